The predicted octanol–water partition coefficient (Wildman–Crippen LogP) is 2.09. The van der Waals surface area contributed by atoms with E-state index in [1.165, 1.54) is 20.7 Å². The van der Waals surface area contributed by atoms with Gasteiger partial charge in [0.25, 0.3) is 5.91 Å². The monoisotopic (exact) mass is 255 g/mol. The number of nitrogens with two attached hydrogens (primary N) is 1. The zero-order valence-electron chi connectivity index (χ0n) is 7.34. The maximum Gasteiger partial charge on any atom is 0.252 e. The summed E-state index contributed by atoms with van der Waals surface area (Å²) in [7, 11) is 2.73. The molecule has 0 saturated carbocycles. The summed E-state index contributed by atoms with van der Waals surface area (Å²) in [5.41, 5.74) is 6.26. The molecule has 0 spiro atoms. The fourth-order valence-corrected chi connectivity index (χ4v) is 3.85. The van der Waals surface area contributed by atoms with Gasteiger partial charge in [-0.2, -0.15) is 0 Å². The molecule has 0 aliphatic heterocycles. The van der Waals surface area contributed by atoms with Crippen LogP contribution < -0.4 is 5.73 Å². The van der Waals surface area contributed by atoms with Crippen molar-refractivity contribution in [1.82, 2.24) is 9.97 Å². The Labute approximate surface area is 97.8 Å². The number of aromatic nitrogens is 2. The zero-order chi connectivity index (χ0) is 10.8. The van der Waals surface area contributed by atoms with Crippen LogP contribution in [0.1, 0.15) is 10.4 Å². The molecule has 2 aromatic rings. The van der Waals surface area contributed by atoms with E-state index in [0.29, 0.717) is 20.0 Å². The second-order valence-electron chi connectivity index (χ2n) is 2.61. The first-order chi connectivity index (χ1) is 7.20. The maximum atomic E-state index is 11.2. The predicted molar refractivity (Wildman–Crippen MR) is 62.6 cm³/mol. The Hall–Kier alpha value is -1.18. The minimum Gasteiger partial charge on any atom is -0.365 e. The minimum absolute atomic E-state index is 0.375. The van der Waals surface area contributed by atoms with E-state index >= 15 is 0 Å². The molecule has 76 valence electrons. The topological polar surface area (TPSA) is 68.9 Å². The summed E-state index contributed by atoms with van der Waals surface area (Å²) >= 11 is 5.03. The van der Waals surface area contributed by atoms with Crippen LogP contribution in [0.25, 0.3) is 10.6 Å². The molecule has 0 atom stereocenters. The lowest BCUT2D eigenvalue weighted by atomic mass is 10.2. The van der Waals surface area contributed by atoms with E-state index in [0.717, 1.165) is 0 Å². The Morgan fingerprint density at radius 3 is 2.80 bits per heavy atom. The van der Waals surface area contributed by atoms with Crippen LogP contribution in [0.15, 0.2) is 18.6 Å². The third-order valence-electron chi connectivity index (χ3n) is 1.67. The van der Waals surface area contributed by atoms with Gasteiger partial charge in [-0.05, 0) is 0 Å². The van der Waals surface area contributed by atoms with Crippen molar-refractivity contribution in [2.45, 2.75) is 0 Å². The molecule has 2 aromatic heterocycles. The van der Waals surface area contributed by atoms with Gasteiger partial charge >= 0.3 is 0 Å². The smallest absolute Gasteiger partial charge is 0.252 e. The number of primary amides is 1. The molecular weight excluding hydrogens is 250 g/mol. The molecule has 0 bridgehead atoms. The molecule has 1 amide bonds. The van der Waals surface area contributed by atoms with Crippen LogP contribution in [0.5, 0.6) is 0 Å². The number of rotatable bonds is 2. The summed E-state index contributed by atoms with van der Waals surface area (Å²) in [5, 5.41) is 0. The largest absolute Gasteiger partial charge is 0.365 e. The van der Waals surface area contributed by atoms with E-state index in [1.54, 1.807) is 18.6 Å². The number of carbonyl (C=O) groups is 1. The first-order valence-corrected chi connectivity index (χ1v) is 6.45. The third-order valence-corrected chi connectivity index (χ3v) is 4.71. The van der Waals surface area contributed by atoms with Gasteiger partial charge in [0.1, 0.15) is 9.52 Å². The molecule has 4 nitrogen and oxygen atoms in total. The van der Waals surface area contributed by atoms with Crippen LogP contribution in [0.3, 0.4) is 0 Å². The van der Waals surface area contributed by atoms with Gasteiger partial charge in [0.05, 0.1) is 16.6 Å². The summed E-state index contributed by atoms with van der Waals surface area (Å²) in [6, 6.07) is 0. The fraction of sp³-hybridized carbons (Fsp3) is 0. The van der Waals surface area contributed by atoms with E-state index < -0.39 is 5.91 Å². The molecule has 0 radical (unpaired) electrons. The van der Waals surface area contributed by atoms with E-state index in [2.05, 4.69) is 9.97 Å². The number of hydrogen-bond acceptors (Lipinski definition) is 6. The lowest BCUT2D eigenvalue weighted by Gasteiger charge is -1.96. The van der Waals surface area contributed by atoms with Crippen LogP contribution in [0.4, 0.5) is 0 Å². The molecule has 15 heavy (non-hydrogen) atoms. The summed E-state index contributed by atoms with van der Waals surface area (Å²) in [6.45, 7) is 0. The first kappa shape index (κ1) is 10.3. The second kappa shape index (κ2) is 4.13. The second-order valence-corrected chi connectivity index (χ2v) is 5.43. The Kier molecular flexibility index (Phi) is 2.85. The number of hydrogen-bond donors (Lipinski definition) is 1. The molecule has 2 rings (SSSR count). The van der Waals surface area contributed by atoms with Crippen LogP contribution in [0, 0.1) is 3.82 Å². The first-order valence-electron chi connectivity index (χ1n) is 3.89. The van der Waals surface area contributed by atoms with Crippen LogP contribution in [-0.2, 0) is 0 Å². The molecule has 7 heteroatoms. The van der Waals surface area contributed by atoms with Crippen molar-refractivity contribution >= 4 is 38.8 Å². The maximum absolute atomic E-state index is 11.2. The normalized spacial score (nSPS) is 10.1. The minimum atomic E-state index is -0.516. The number of amides is 1. The highest BCUT2D eigenvalue weighted by atomic mass is 32.9. The SMILES string of the molecule is NC(=O)c1c(-c2cnccn2)ssc1=S. The highest BCUT2D eigenvalue weighted by molar-refractivity contribution is 7.80. The molecule has 2 heterocycles. The Morgan fingerprint density at radius 2 is 2.20 bits per heavy atom. The highest BCUT2D eigenvalue weighted by Crippen LogP contribution is 2.32. The van der Waals surface area contributed by atoms with E-state index in [9.17, 15) is 4.79 Å². The summed E-state index contributed by atoms with van der Waals surface area (Å²) < 4.78 is 0.508. The lowest BCUT2D eigenvalue weighted by Crippen LogP contribution is -2.11. The van der Waals surface area contributed by atoms with E-state index in [-0.39, 0.29) is 0 Å². The van der Waals surface area contributed by atoms with Gasteiger partial charge in [0, 0.05) is 12.4 Å². The standard InChI is InChI=1S/C8H5N3OS3/c9-7(12)5-6(14-15-8(5)13)4-3-10-1-2-11-4/h1-3H,(H2,9,12). The number of nitrogens with zero attached hydrogens (tertiary/aromatic N) is 2. The van der Waals surface area contributed by atoms with Gasteiger partial charge in [-0.3, -0.25) is 14.8 Å². The van der Waals surface area contributed by atoms with Gasteiger partial charge in [0.15, 0.2) is 0 Å². The molecule has 0 unspecified atom stereocenters. The summed E-state index contributed by atoms with van der Waals surface area (Å²) in [4.78, 5) is 19.9. The van der Waals surface area contributed by atoms with Gasteiger partial charge in [-0.15, -0.1) is 0 Å². The molecule has 2 N–H and O–H groups in total. The van der Waals surface area contributed by atoms with Gasteiger partial charge in [0.2, 0.25) is 0 Å². The van der Waals surface area contributed by atoms with Crippen molar-refractivity contribution in [2.24, 2.45) is 5.73 Å². The highest BCUT2D eigenvalue weighted by Gasteiger charge is 2.16. The van der Waals surface area contributed by atoms with Crippen molar-refractivity contribution < 1.29 is 4.79 Å². The molecule has 0 aliphatic carbocycles. The van der Waals surface area contributed by atoms with Crippen molar-refractivity contribution in [1.29, 1.82) is 0 Å². The molecular formula is C8H5N3OS3. The third kappa shape index (κ3) is 1.94. The average Bonchev–Trinajstić information content (AvgIpc) is 2.61. The molecule has 0 aromatic carbocycles. The zero-order valence-corrected chi connectivity index (χ0v) is 9.79. The fourth-order valence-electron chi connectivity index (χ4n) is 1.06. The summed E-state index contributed by atoms with van der Waals surface area (Å²) in [5.74, 6) is -0.516. The van der Waals surface area contributed by atoms with Crippen LogP contribution in [0.2, 0.25) is 0 Å². The molecule has 0 aliphatic rings. The number of carbonyl (C=O) groups excluding carboxylic acids is 1. The lowest BCUT2D eigenvalue weighted by molar-refractivity contribution is 0.100. The van der Waals surface area contributed by atoms with Gasteiger partial charge in [-0.25, -0.2) is 0 Å². The van der Waals surface area contributed by atoms with E-state index in [1.807, 2.05) is 0 Å². The molecule has 0 fully saturated rings. The van der Waals surface area contributed by atoms with Crippen LogP contribution >= 0.6 is 32.9 Å². The van der Waals surface area contributed by atoms with Crippen molar-refractivity contribution in [3.63, 3.8) is 0 Å². The molecule has 0 saturated heterocycles. The average molecular weight is 255 g/mol. The quantitative estimate of drug-likeness (QED) is 0.659. The van der Waals surface area contributed by atoms with E-state index in [4.69, 9.17) is 18.0 Å². The van der Waals surface area contributed by atoms with Gasteiger partial charge in [-0.1, -0.05) is 32.9 Å². The van der Waals surface area contributed by atoms with Crippen LogP contribution in [-0.4, -0.2) is 15.9 Å². The van der Waals surface area contributed by atoms with Gasteiger partial charge < -0.3 is 5.73 Å². The van der Waals surface area contributed by atoms with Crippen molar-refractivity contribution in [3.05, 3.63) is 28.0 Å². The Morgan fingerprint density at radius 1 is 1.40 bits per heavy atom. The summed E-state index contributed by atoms with van der Waals surface area (Å²) in [6.07, 6.45) is 4.71. The van der Waals surface area contributed by atoms with Crippen molar-refractivity contribution in [2.75, 3.05) is 0 Å². The Balaban J connectivity index is 2.65. The Bertz CT molecular complexity index is 546. The van der Waals surface area contributed by atoms with Crippen molar-refractivity contribution in [3.8, 4) is 10.6 Å².